The van der Waals surface area contributed by atoms with Crippen LogP contribution in [0.4, 0.5) is 5.69 Å². The van der Waals surface area contributed by atoms with Crippen molar-refractivity contribution < 1.29 is 9.59 Å². The van der Waals surface area contributed by atoms with Crippen LogP contribution >= 0.6 is 23.4 Å². The topological polar surface area (TPSA) is 49.4 Å². The molecule has 0 atom stereocenters. The highest BCUT2D eigenvalue weighted by molar-refractivity contribution is 8.04. The number of benzene rings is 2. The van der Waals surface area contributed by atoms with E-state index in [9.17, 15) is 9.59 Å². The molecule has 27 heavy (non-hydrogen) atoms. The lowest BCUT2D eigenvalue weighted by Crippen LogP contribution is -2.31. The van der Waals surface area contributed by atoms with E-state index in [1.807, 2.05) is 30.3 Å². The second-order valence-corrected chi connectivity index (χ2v) is 7.84. The number of hydrogen-bond donors (Lipinski definition) is 1. The van der Waals surface area contributed by atoms with Gasteiger partial charge in [-0.25, -0.2) is 0 Å². The number of halogens is 1. The lowest BCUT2D eigenvalue weighted by Gasteiger charge is -2.27. The van der Waals surface area contributed by atoms with E-state index >= 15 is 0 Å². The summed E-state index contributed by atoms with van der Waals surface area (Å²) in [6.07, 6.45) is 3.81. The number of rotatable bonds is 5. The molecule has 3 rings (SSSR count). The molecule has 0 saturated carbocycles. The summed E-state index contributed by atoms with van der Waals surface area (Å²) in [4.78, 5) is 28.2. The number of carbonyl (C=O) groups is 2. The van der Waals surface area contributed by atoms with Gasteiger partial charge in [0, 0.05) is 29.1 Å². The van der Waals surface area contributed by atoms with Gasteiger partial charge in [0.1, 0.15) is 0 Å². The maximum Gasteiger partial charge on any atom is 0.264 e. The van der Waals surface area contributed by atoms with Crippen LogP contribution in [-0.2, 0) is 4.79 Å². The number of amides is 2. The van der Waals surface area contributed by atoms with Crippen molar-refractivity contribution in [2.75, 3.05) is 18.5 Å². The Bertz CT molecular complexity index is 911. The highest BCUT2D eigenvalue weighted by Gasteiger charge is 2.27. The van der Waals surface area contributed by atoms with Crippen LogP contribution in [0, 0.1) is 0 Å². The van der Waals surface area contributed by atoms with Gasteiger partial charge in [0.05, 0.1) is 10.6 Å². The van der Waals surface area contributed by atoms with Crippen molar-refractivity contribution in [2.24, 2.45) is 0 Å². The zero-order valence-electron chi connectivity index (χ0n) is 15.3. The number of nitrogens with zero attached hydrogens (tertiary/aromatic N) is 1. The first-order chi connectivity index (χ1) is 13.0. The summed E-state index contributed by atoms with van der Waals surface area (Å²) in [7, 11) is 1.73. The van der Waals surface area contributed by atoms with Gasteiger partial charge in [0.2, 0.25) is 0 Å². The maximum atomic E-state index is 12.8. The van der Waals surface area contributed by atoms with Crippen LogP contribution in [0.1, 0.15) is 35.7 Å². The van der Waals surface area contributed by atoms with E-state index in [0.29, 0.717) is 22.0 Å². The van der Waals surface area contributed by atoms with E-state index in [2.05, 4.69) is 12.2 Å². The number of carbonyl (C=O) groups excluding carboxylic acids is 2. The molecule has 0 bridgehead atoms. The molecule has 2 amide bonds. The summed E-state index contributed by atoms with van der Waals surface area (Å²) in [5.41, 5.74) is 2.19. The fourth-order valence-corrected chi connectivity index (χ4v) is 4.05. The molecule has 140 valence electrons. The second kappa shape index (κ2) is 8.63. The zero-order valence-corrected chi connectivity index (χ0v) is 16.9. The van der Waals surface area contributed by atoms with Crippen LogP contribution in [-0.4, -0.2) is 25.4 Å². The predicted octanol–water partition coefficient (Wildman–Crippen LogP) is 4.98. The third-order valence-corrected chi connectivity index (χ3v) is 5.59. The van der Waals surface area contributed by atoms with Crippen LogP contribution in [0.25, 0.3) is 6.08 Å². The average Bonchev–Trinajstić information content (AvgIpc) is 2.66. The van der Waals surface area contributed by atoms with Gasteiger partial charge in [-0.3, -0.25) is 9.59 Å². The summed E-state index contributed by atoms with van der Waals surface area (Å²) >= 11 is 7.44. The number of nitrogens with one attached hydrogen (secondary N) is 1. The first-order valence-electron chi connectivity index (χ1n) is 8.85. The van der Waals surface area contributed by atoms with Gasteiger partial charge in [-0.15, -0.1) is 0 Å². The van der Waals surface area contributed by atoms with Crippen molar-refractivity contribution >= 4 is 46.9 Å². The third-order valence-electron chi connectivity index (χ3n) is 4.28. The van der Waals surface area contributed by atoms with Gasteiger partial charge >= 0.3 is 0 Å². The molecule has 0 fully saturated rings. The van der Waals surface area contributed by atoms with Crippen molar-refractivity contribution in [1.29, 1.82) is 0 Å². The molecule has 0 aromatic heterocycles. The van der Waals surface area contributed by atoms with Crippen LogP contribution in [0.2, 0.25) is 5.02 Å². The molecule has 2 aromatic carbocycles. The Morgan fingerprint density at radius 3 is 2.81 bits per heavy atom. The van der Waals surface area contributed by atoms with E-state index in [-0.39, 0.29) is 11.8 Å². The van der Waals surface area contributed by atoms with E-state index in [1.165, 1.54) is 11.8 Å². The molecular weight excluding hydrogens is 380 g/mol. The molecule has 0 aliphatic carbocycles. The Morgan fingerprint density at radius 2 is 2.07 bits per heavy atom. The van der Waals surface area contributed by atoms with Crippen LogP contribution in [0.15, 0.2) is 52.3 Å². The predicted molar refractivity (Wildman–Crippen MR) is 112 cm³/mol. The number of likely N-dealkylation sites (N-methyl/N-ethyl adjacent to an activating group) is 1. The van der Waals surface area contributed by atoms with Crippen molar-refractivity contribution in [3.8, 4) is 0 Å². The molecule has 6 heteroatoms. The standard InChI is InChI=1S/C21H21ClN2O2S/c1-3-4-10-23-20(25)15-8-9-18-17(13-15)24(2)21(26)19(27-18)12-14-6-5-7-16(22)11-14/h5-9,11-13H,3-4,10H2,1-2H3,(H,23,25)/b19-12-. The fourth-order valence-electron chi connectivity index (χ4n) is 2.76. The Hall–Kier alpha value is -2.24. The summed E-state index contributed by atoms with van der Waals surface area (Å²) in [6, 6.07) is 12.9. The van der Waals surface area contributed by atoms with Crippen molar-refractivity contribution in [3.63, 3.8) is 0 Å². The molecule has 0 radical (unpaired) electrons. The number of unbranched alkanes of at least 4 members (excludes halogenated alkanes) is 1. The van der Waals surface area contributed by atoms with Crippen molar-refractivity contribution in [3.05, 3.63) is 63.5 Å². The molecule has 1 aliphatic heterocycles. The SMILES string of the molecule is CCCCNC(=O)c1ccc2c(c1)N(C)C(=O)/C(=C/c1cccc(Cl)c1)S2. The molecule has 1 aliphatic rings. The van der Waals surface area contributed by atoms with Crippen molar-refractivity contribution in [2.45, 2.75) is 24.7 Å². The lowest BCUT2D eigenvalue weighted by molar-refractivity contribution is -0.114. The minimum absolute atomic E-state index is 0.101. The van der Waals surface area contributed by atoms with Gasteiger partial charge in [0.15, 0.2) is 0 Å². The first kappa shape index (κ1) is 19.5. The third kappa shape index (κ3) is 4.54. The molecule has 1 heterocycles. The van der Waals surface area contributed by atoms with E-state index < -0.39 is 0 Å². The number of fused-ring (bicyclic) bond motifs is 1. The monoisotopic (exact) mass is 400 g/mol. The van der Waals surface area contributed by atoms with E-state index in [1.54, 1.807) is 30.1 Å². The molecule has 0 saturated heterocycles. The van der Waals surface area contributed by atoms with E-state index in [4.69, 9.17) is 11.6 Å². The highest BCUT2D eigenvalue weighted by atomic mass is 35.5. The first-order valence-corrected chi connectivity index (χ1v) is 10.0. The molecule has 0 spiro atoms. The summed E-state index contributed by atoms with van der Waals surface area (Å²) in [5.74, 6) is -0.214. The van der Waals surface area contributed by atoms with Gasteiger partial charge in [-0.2, -0.15) is 0 Å². The normalized spacial score (nSPS) is 15.0. The summed E-state index contributed by atoms with van der Waals surface area (Å²) in [6.45, 7) is 2.74. The molecule has 1 N–H and O–H groups in total. The van der Waals surface area contributed by atoms with E-state index in [0.717, 1.165) is 29.0 Å². The van der Waals surface area contributed by atoms with Crippen LogP contribution < -0.4 is 10.2 Å². The van der Waals surface area contributed by atoms with Crippen molar-refractivity contribution in [1.82, 2.24) is 5.32 Å². The highest BCUT2D eigenvalue weighted by Crippen LogP contribution is 2.42. The van der Waals surface area contributed by atoms with Gasteiger partial charge in [0.25, 0.3) is 11.8 Å². The lowest BCUT2D eigenvalue weighted by atomic mass is 10.1. The Labute approximate surface area is 168 Å². The Balaban J connectivity index is 1.85. The summed E-state index contributed by atoms with van der Waals surface area (Å²) < 4.78 is 0. The van der Waals surface area contributed by atoms with Gasteiger partial charge in [-0.1, -0.05) is 48.8 Å². The Kier molecular flexibility index (Phi) is 6.24. The minimum atomic E-state index is -0.114. The average molecular weight is 401 g/mol. The van der Waals surface area contributed by atoms with Gasteiger partial charge in [-0.05, 0) is 48.4 Å². The van der Waals surface area contributed by atoms with Crippen LogP contribution in [0.3, 0.4) is 0 Å². The number of thioether (sulfide) groups is 1. The molecule has 4 nitrogen and oxygen atoms in total. The minimum Gasteiger partial charge on any atom is -0.352 e. The van der Waals surface area contributed by atoms with Crippen LogP contribution in [0.5, 0.6) is 0 Å². The smallest absolute Gasteiger partial charge is 0.264 e. The zero-order chi connectivity index (χ0) is 19.4. The molecule has 2 aromatic rings. The summed E-state index contributed by atoms with van der Waals surface area (Å²) in [5, 5.41) is 3.54. The second-order valence-electron chi connectivity index (χ2n) is 6.32. The Morgan fingerprint density at radius 1 is 1.26 bits per heavy atom. The number of hydrogen-bond acceptors (Lipinski definition) is 3. The van der Waals surface area contributed by atoms with Gasteiger partial charge < -0.3 is 10.2 Å². The largest absolute Gasteiger partial charge is 0.352 e. The fraction of sp³-hybridized carbons (Fsp3) is 0.238. The quantitative estimate of drug-likeness (QED) is 0.568. The number of anilines is 1. The maximum absolute atomic E-state index is 12.8. The molecule has 0 unspecified atom stereocenters. The molecular formula is C21H21ClN2O2S.